The first-order valence-electron chi connectivity index (χ1n) is 12.5. The Morgan fingerprint density at radius 2 is 1.84 bits per heavy atom. The van der Waals surface area contributed by atoms with E-state index in [1.165, 1.54) is 55.3 Å². The van der Waals surface area contributed by atoms with Crippen LogP contribution in [0.15, 0.2) is 42.5 Å². The molecule has 2 aromatic carbocycles. The smallest absolute Gasteiger partial charge is 0.253 e. The van der Waals surface area contributed by atoms with Crippen molar-refractivity contribution in [3.63, 3.8) is 0 Å². The predicted octanol–water partition coefficient (Wildman–Crippen LogP) is 4.70. The molecule has 4 aliphatic rings. The molecule has 2 bridgehead atoms. The van der Waals surface area contributed by atoms with Crippen LogP contribution in [-0.4, -0.2) is 48.0 Å². The third-order valence-corrected chi connectivity index (χ3v) is 8.24. The highest BCUT2D eigenvalue weighted by molar-refractivity contribution is 5.94. The summed E-state index contributed by atoms with van der Waals surface area (Å²) in [7, 11) is 1.96. The van der Waals surface area contributed by atoms with Crippen LogP contribution in [0.25, 0.3) is 0 Å². The molecule has 4 nitrogen and oxygen atoms in total. The maximum Gasteiger partial charge on any atom is 0.253 e. The van der Waals surface area contributed by atoms with E-state index in [4.69, 9.17) is 4.74 Å². The van der Waals surface area contributed by atoms with Gasteiger partial charge in [-0.05, 0) is 97.7 Å². The summed E-state index contributed by atoms with van der Waals surface area (Å²) < 4.78 is 5.81. The Bertz CT molecular complexity index is 997. The number of fused-ring (bicyclic) bond motifs is 3. The Hall–Kier alpha value is -2.33. The maximum absolute atomic E-state index is 13.1. The molecule has 6 rings (SSSR count). The minimum absolute atomic E-state index is 0.102. The number of likely N-dealkylation sites (N-methyl/N-ethyl adjacent to an activating group) is 1. The van der Waals surface area contributed by atoms with E-state index >= 15 is 0 Å². The molecule has 0 N–H and O–H groups in total. The predicted molar refractivity (Wildman–Crippen MR) is 126 cm³/mol. The van der Waals surface area contributed by atoms with E-state index in [9.17, 15) is 4.79 Å². The van der Waals surface area contributed by atoms with Crippen molar-refractivity contribution in [1.82, 2.24) is 9.80 Å². The van der Waals surface area contributed by atoms with E-state index in [0.29, 0.717) is 0 Å². The van der Waals surface area contributed by atoms with Gasteiger partial charge in [0.15, 0.2) is 0 Å². The summed E-state index contributed by atoms with van der Waals surface area (Å²) in [4.78, 5) is 17.8. The van der Waals surface area contributed by atoms with Crippen LogP contribution in [0.4, 0.5) is 0 Å². The SMILES string of the molecule is CN(C(=O)c1ccc(OCC2CC2)cc1)[C@@H]1Cc2ccc(CN3CC4CCC3C4)cc2C1. The van der Waals surface area contributed by atoms with E-state index in [-0.39, 0.29) is 11.9 Å². The van der Waals surface area contributed by atoms with Crippen molar-refractivity contribution in [2.45, 2.75) is 63.6 Å². The summed E-state index contributed by atoms with van der Waals surface area (Å²) in [6, 6.07) is 15.8. The number of ether oxygens (including phenoxy) is 1. The second-order valence-electron chi connectivity index (χ2n) is 10.6. The van der Waals surface area contributed by atoms with Crippen molar-refractivity contribution < 1.29 is 9.53 Å². The summed E-state index contributed by atoms with van der Waals surface area (Å²) in [5.41, 5.74) is 5.02. The van der Waals surface area contributed by atoms with Gasteiger partial charge in [-0.25, -0.2) is 0 Å². The molecule has 0 aromatic heterocycles. The van der Waals surface area contributed by atoms with E-state index in [2.05, 4.69) is 23.1 Å². The van der Waals surface area contributed by atoms with Gasteiger partial charge in [0.1, 0.15) is 5.75 Å². The lowest BCUT2D eigenvalue weighted by molar-refractivity contribution is 0.0737. The summed E-state index contributed by atoms with van der Waals surface area (Å²) in [6.07, 6.45) is 8.71. The average molecular weight is 431 g/mol. The van der Waals surface area contributed by atoms with Crippen LogP contribution in [0.3, 0.4) is 0 Å². The molecule has 2 aromatic rings. The molecular weight excluding hydrogens is 396 g/mol. The van der Waals surface area contributed by atoms with Gasteiger partial charge >= 0.3 is 0 Å². The first-order valence-corrected chi connectivity index (χ1v) is 12.5. The molecule has 1 aliphatic heterocycles. The zero-order valence-electron chi connectivity index (χ0n) is 19.1. The number of hydrogen-bond donors (Lipinski definition) is 0. The number of benzene rings is 2. The molecule has 3 atom stereocenters. The molecule has 32 heavy (non-hydrogen) atoms. The van der Waals surface area contributed by atoms with Gasteiger partial charge in [0.05, 0.1) is 6.61 Å². The van der Waals surface area contributed by atoms with Crippen molar-refractivity contribution in [1.29, 1.82) is 0 Å². The van der Waals surface area contributed by atoms with Crippen molar-refractivity contribution in [3.8, 4) is 5.75 Å². The molecule has 1 heterocycles. The number of nitrogens with zero attached hydrogens (tertiary/aromatic N) is 2. The molecule has 3 aliphatic carbocycles. The van der Waals surface area contributed by atoms with Crippen LogP contribution in [0.5, 0.6) is 5.75 Å². The summed E-state index contributed by atoms with van der Waals surface area (Å²) >= 11 is 0. The Morgan fingerprint density at radius 3 is 2.56 bits per heavy atom. The third kappa shape index (κ3) is 4.05. The molecule has 2 saturated carbocycles. The quantitative estimate of drug-likeness (QED) is 0.638. The van der Waals surface area contributed by atoms with Gasteiger partial charge in [0.2, 0.25) is 0 Å². The fourth-order valence-electron chi connectivity index (χ4n) is 6.04. The number of carbonyl (C=O) groups is 1. The van der Waals surface area contributed by atoms with Gasteiger partial charge in [-0.1, -0.05) is 18.2 Å². The van der Waals surface area contributed by atoms with E-state index < -0.39 is 0 Å². The zero-order chi connectivity index (χ0) is 21.7. The van der Waals surface area contributed by atoms with E-state index in [1.807, 2.05) is 36.2 Å². The first-order chi connectivity index (χ1) is 15.6. The highest BCUT2D eigenvalue weighted by atomic mass is 16.5. The summed E-state index contributed by atoms with van der Waals surface area (Å²) in [6.45, 7) is 3.17. The maximum atomic E-state index is 13.1. The molecule has 1 amide bonds. The van der Waals surface area contributed by atoms with Gasteiger partial charge < -0.3 is 9.64 Å². The fraction of sp³-hybridized carbons (Fsp3) is 0.536. The molecular formula is C28H34N2O2. The number of carbonyl (C=O) groups excluding carboxylic acids is 1. The van der Waals surface area contributed by atoms with E-state index in [0.717, 1.165) is 55.2 Å². The second kappa shape index (κ2) is 8.22. The van der Waals surface area contributed by atoms with Crippen LogP contribution in [-0.2, 0) is 19.4 Å². The van der Waals surface area contributed by atoms with Crippen LogP contribution >= 0.6 is 0 Å². The van der Waals surface area contributed by atoms with Crippen LogP contribution in [0, 0.1) is 11.8 Å². The monoisotopic (exact) mass is 430 g/mol. The molecule has 1 saturated heterocycles. The van der Waals surface area contributed by atoms with Crippen LogP contribution < -0.4 is 4.74 Å². The highest BCUT2D eigenvalue weighted by Gasteiger charge is 2.37. The molecule has 3 fully saturated rings. The molecule has 0 spiro atoms. The van der Waals surface area contributed by atoms with Crippen LogP contribution in [0.1, 0.15) is 59.2 Å². The highest BCUT2D eigenvalue weighted by Crippen LogP contribution is 2.38. The summed E-state index contributed by atoms with van der Waals surface area (Å²) in [5, 5.41) is 0. The largest absolute Gasteiger partial charge is 0.493 e. The Labute approximate surface area is 191 Å². The van der Waals surface area contributed by atoms with Crippen molar-refractivity contribution in [2.75, 3.05) is 20.2 Å². The molecule has 168 valence electrons. The van der Waals surface area contributed by atoms with Gasteiger partial charge in [0.25, 0.3) is 5.91 Å². The Morgan fingerprint density at radius 1 is 1.03 bits per heavy atom. The second-order valence-corrected chi connectivity index (χ2v) is 10.6. The zero-order valence-corrected chi connectivity index (χ0v) is 19.1. The van der Waals surface area contributed by atoms with Crippen molar-refractivity contribution in [3.05, 3.63) is 64.7 Å². The Balaban J connectivity index is 1.07. The van der Waals surface area contributed by atoms with Gasteiger partial charge in [-0.3, -0.25) is 9.69 Å². The normalized spacial score (nSPS) is 26.3. The molecule has 2 unspecified atom stereocenters. The van der Waals surface area contributed by atoms with Crippen LogP contribution in [0.2, 0.25) is 0 Å². The van der Waals surface area contributed by atoms with Crippen molar-refractivity contribution >= 4 is 5.91 Å². The number of hydrogen-bond acceptors (Lipinski definition) is 3. The van der Waals surface area contributed by atoms with Gasteiger partial charge in [-0.15, -0.1) is 0 Å². The lowest BCUT2D eigenvalue weighted by atomic mass is 10.0. The Kier molecular flexibility index (Phi) is 5.21. The minimum atomic E-state index is 0.102. The van der Waals surface area contributed by atoms with Gasteiger partial charge in [0, 0.05) is 37.8 Å². The number of piperidine rings is 1. The van der Waals surface area contributed by atoms with Gasteiger partial charge in [-0.2, -0.15) is 0 Å². The fourth-order valence-corrected chi connectivity index (χ4v) is 6.04. The number of rotatable bonds is 7. The topological polar surface area (TPSA) is 32.8 Å². The van der Waals surface area contributed by atoms with E-state index in [1.54, 1.807) is 0 Å². The average Bonchev–Trinajstić information content (AvgIpc) is 3.19. The molecule has 0 radical (unpaired) electrons. The van der Waals surface area contributed by atoms with Crippen molar-refractivity contribution in [2.24, 2.45) is 11.8 Å². The standard InChI is InChI=1S/C28H34N2O2/c1-29(28(31)22-7-10-27(11-8-22)32-18-19-2-3-19)26-14-23-6-4-20(12-24(23)15-26)16-30-17-21-5-9-25(30)13-21/h4,6-8,10-12,19,21,25-26H,2-3,5,9,13-18H2,1H3/t21?,25?,26-/m1/s1. The minimum Gasteiger partial charge on any atom is -0.493 e. The lowest BCUT2D eigenvalue weighted by Gasteiger charge is -2.26. The number of likely N-dealkylation sites (tertiary alicyclic amines) is 1. The third-order valence-electron chi connectivity index (χ3n) is 8.24. The summed E-state index contributed by atoms with van der Waals surface area (Å²) in [5.74, 6) is 2.64. The number of amides is 1. The molecule has 4 heteroatoms. The first kappa shape index (κ1) is 20.3. The lowest BCUT2D eigenvalue weighted by Crippen LogP contribution is -2.37.